The third-order valence-electron chi connectivity index (χ3n) is 3.83. The van der Waals surface area contributed by atoms with E-state index in [0.29, 0.717) is 12.6 Å². The summed E-state index contributed by atoms with van der Waals surface area (Å²) in [6, 6.07) is 6.90. The summed E-state index contributed by atoms with van der Waals surface area (Å²) in [6.45, 7) is 2.92. The van der Waals surface area contributed by atoms with E-state index in [-0.39, 0.29) is 0 Å². The fraction of sp³-hybridized carbons (Fsp3) is 0.571. The lowest BCUT2D eigenvalue weighted by atomic mass is 10.0. The molecule has 1 aromatic carbocycles. The largest absolute Gasteiger partial charge is 0.370 e. The Morgan fingerprint density at radius 1 is 1.50 bits per heavy atom. The molecule has 0 aliphatic carbocycles. The minimum absolute atomic E-state index is 0.573. The fourth-order valence-corrected chi connectivity index (χ4v) is 3.25. The number of likely N-dealkylation sites (tertiary alicyclic amines) is 1. The number of anilines is 1. The van der Waals surface area contributed by atoms with Crippen molar-refractivity contribution in [2.24, 2.45) is 5.73 Å². The molecule has 0 radical (unpaired) electrons. The molecule has 100 valence electrons. The molecule has 1 aromatic rings. The molecule has 1 fully saturated rings. The van der Waals surface area contributed by atoms with Crippen LogP contribution >= 0.6 is 15.9 Å². The van der Waals surface area contributed by atoms with E-state index in [2.05, 4.69) is 58.0 Å². The highest BCUT2D eigenvalue weighted by Gasteiger charge is 2.22. The molecular weight excluding hydrogens is 290 g/mol. The number of rotatable bonds is 3. The molecule has 2 rings (SSSR count). The normalized spacial score (nSPS) is 21.0. The Bertz CT molecular complexity index is 408. The standard InChI is InChI=1S/C14H22BrN3/c1-17-8-4-5-11(10-17)18(2)14-7-3-6-13(15)12(14)9-16/h3,6-7,11H,4-5,8-10,16H2,1-2H3. The highest BCUT2D eigenvalue weighted by Crippen LogP contribution is 2.29. The van der Waals surface area contributed by atoms with Gasteiger partial charge in [-0.1, -0.05) is 22.0 Å². The highest BCUT2D eigenvalue weighted by molar-refractivity contribution is 9.10. The topological polar surface area (TPSA) is 32.5 Å². The maximum Gasteiger partial charge on any atom is 0.0423 e. The molecule has 1 heterocycles. The van der Waals surface area contributed by atoms with Gasteiger partial charge in [0, 0.05) is 41.9 Å². The zero-order chi connectivity index (χ0) is 13.1. The molecule has 2 N–H and O–H groups in total. The van der Waals surface area contributed by atoms with Crippen LogP contribution in [0.2, 0.25) is 0 Å². The Morgan fingerprint density at radius 3 is 2.94 bits per heavy atom. The number of piperidine rings is 1. The van der Waals surface area contributed by atoms with Gasteiger partial charge in [0.1, 0.15) is 0 Å². The first-order chi connectivity index (χ1) is 8.63. The van der Waals surface area contributed by atoms with Crippen molar-refractivity contribution in [1.29, 1.82) is 0 Å². The van der Waals surface area contributed by atoms with E-state index in [1.807, 2.05) is 0 Å². The van der Waals surface area contributed by atoms with Gasteiger partial charge in [-0.05, 0) is 38.6 Å². The average Bonchev–Trinajstić information content (AvgIpc) is 2.37. The summed E-state index contributed by atoms with van der Waals surface area (Å²) in [5, 5.41) is 0. The number of nitrogens with zero attached hydrogens (tertiary/aromatic N) is 2. The van der Waals surface area contributed by atoms with Crippen LogP contribution in [0.25, 0.3) is 0 Å². The van der Waals surface area contributed by atoms with E-state index < -0.39 is 0 Å². The Labute approximate surface area is 118 Å². The molecule has 4 heteroatoms. The van der Waals surface area contributed by atoms with Crippen LogP contribution in [0.1, 0.15) is 18.4 Å². The minimum Gasteiger partial charge on any atom is -0.370 e. The fourth-order valence-electron chi connectivity index (χ4n) is 2.73. The van der Waals surface area contributed by atoms with E-state index in [0.717, 1.165) is 11.0 Å². The Kier molecular flexibility index (Phi) is 4.65. The Hall–Kier alpha value is -0.580. The number of hydrogen-bond acceptors (Lipinski definition) is 3. The number of hydrogen-bond donors (Lipinski definition) is 1. The molecule has 1 aliphatic heterocycles. The third-order valence-corrected chi connectivity index (χ3v) is 4.57. The number of halogens is 1. The van der Waals surface area contributed by atoms with Crippen LogP contribution in [0.15, 0.2) is 22.7 Å². The van der Waals surface area contributed by atoms with Crippen LogP contribution in [-0.2, 0) is 6.54 Å². The van der Waals surface area contributed by atoms with Crippen LogP contribution in [0.4, 0.5) is 5.69 Å². The van der Waals surface area contributed by atoms with Crippen LogP contribution in [0.5, 0.6) is 0 Å². The summed E-state index contributed by atoms with van der Waals surface area (Å²) in [6.07, 6.45) is 2.54. The second-order valence-corrected chi connectivity index (χ2v) is 5.97. The highest BCUT2D eigenvalue weighted by atomic mass is 79.9. The van der Waals surface area contributed by atoms with Gasteiger partial charge in [-0.25, -0.2) is 0 Å². The molecule has 1 unspecified atom stereocenters. The van der Waals surface area contributed by atoms with Gasteiger partial charge < -0.3 is 15.5 Å². The summed E-state index contributed by atoms with van der Waals surface area (Å²) in [4.78, 5) is 4.80. The monoisotopic (exact) mass is 311 g/mol. The summed E-state index contributed by atoms with van der Waals surface area (Å²) in [5.41, 5.74) is 8.34. The van der Waals surface area contributed by atoms with E-state index in [9.17, 15) is 0 Å². The molecule has 18 heavy (non-hydrogen) atoms. The first-order valence-electron chi connectivity index (χ1n) is 6.52. The summed E-state index contributed by atoms with van der Waals surface area (Å²) in [7, 11) is 4.38. The minimum atomic E-state index is 0.573. The molecule has 0 aromatic heterocycles. The summed E-state index contributed by atoms with van der Waals surface area (Å²) >= 11 is 3.59. The molecule has 1 atom stereocenters. The second-order valence-electron chi connectivity index (χ2n) is 5.11. The molecule has 1 aliphatic rings. The van der Waals surface area contributed by atoms with Gasteiger partial charge >= 0.3 is 0 Å². The first-order valence-corrected chi connectivity index (χ1v) is 7.31. The molecular formula is C14H22BrN3. The number of likely N-dealkylation sites (N-methyl/N-ethyl adjacent to an activating group) is 2. The van der Waals surface area contributed by atoms with E-state index in [1.165, 1.54) is 30.6 Å². The van der Waals surface area contributed by atoms with Gasteiger partial charge in [0.2, 0.25) is 0 Å². The van der Waals surface area contributed by atoms with Crippen molar-refractivity contribution in [1.82, 2.24) is 4.90 Å². The second kappa shape index (κ2) is 6.04. The van der Waals surface area contributed by atoms with Gasteiger partial charge in [0.15, 0.2) is 0 Å². The van der Waals surface area contributed by atoms with Crippen molar-refractivity contribution in [2.45, 2.75) is 25.4 Å². The van der Waals surface area contributed by atoms with Crippen LogP contribution < -0.4 is 10.6 Å². The first kappa shape index (κ1) is 13.8. The smallest absolute Gasteiger partial charge is 0.0423 e. The van der Waals surface area contributed by atoms with Gasteiger partial charge in [0.25, 0.3) is 0 Å². The lowest BCUT2D eigenvalue weighted by Gasteiger charge is -2.38. The van der Waals surface area contributed by atoms with Crippen molar-refractivity contribution in [2.75, 3.05) is 32.1 Å². The lowest BCUT2D eigenvalue weighted by Crippen LogP contribution is -2.45. The number of benzene rings is 1. The zero-order valence-corrected chi connectivity index (χ0v) is 12.8. The molecule has 3 nitrogen and oxygen atoms in total. The molecule has 0 amide bonds. The van der Waals surface area contributed by atoms with Gasteiger partial charge in [0.05, 0.1) is 0 Å². The maximum absolute atomic E-state index is 5.88. The quantitative estimate of drug-likeness (QED) is 0.930. The predicted molar refractivity (Wildman–Crippen MR) is 81.0 cm³/mol. The van der Waals surface area contributed by atoms with Crippen molar-refractivity contribution in [3.8, 4) is 0 Å². The lowest BCUT2D eigenvalue weighted by molar-refractivity contribution is 0.248. The van der Waals surface area contributed by atoms with Crippen molar-refractivity contribution in [3.05, 3.63) is 28.2 Å². The summed E-state index contributed by atoms with van der Waals surface area (Å²) in [5.74, 6) is 0. The van der Waals surface area contributed by atoms with Crippen LogP contribution in [0.3, 0.4) is 0 Å². The van der Waals surface area contributed by atoms with Crippen molar-refractivity contribution < 1.29 is 0 Å². The van der Waals surface area contributed by atoms with E-state index in [1.54, 1.807) is 0 Å². The Balaban J connectivity index is 2.22. The van der Waals surface area contributed by atoms with Crippen LogP contribution in [-0.4, -0.2) is 38.1 Å². The molecule has 1 saturated heterocycles. The van der Waals surface area contributed by atoms with Gasteiger partial charge in [-0.15, -0.1) is 0 Å². The van der Waals surface area contributed by atoms with E-state index in [4.69, 9.17) is 5.73 Å². The van der Waals surface area contributed by atoms with Crippen LogP contribution in [0, 0.1) is 0 Å². The third kappa shape index (κ3) is 2.87. The predicted octanol–water partition coefficient (Wildman–Crippen LogP) is 2.44. The van der Waals surface area contributed by atoms with Gasteiger partial charge in [-0.2, -0.15) is 0 Å². The van der Waals surface area contributed by atoms with Crippen molar-refractivity contribution in [3.63, 3.8) is 0 Å². The number of nitrogens with two attached hydrogens (primary N) is 1. The summed E-state index contributed by atoms with van der Waals surface area (Å²) < 4.78 is 1.11. The van der Waals surface area contributed by atoms with Crippen molar-refractivity contribution >= 4 is 21.6 Å². The SMILES string of the molecule is CN1CCCC(N(C)c2cccc(Br)c2CN)C1. The maximum atomic E-state index is 5.88. The Morgan fingerprint density at radius 2 is 2.28 bits per heavy atom. The zero-order valence-electron chi connectivity index (χ0n) is 11.2. The molecule has 0 spiro atoms. The average molecular weight is 312 g/mol. The molecule has 0 bridgehead atoms. The van der Waals surface area contributed by atoms with Gasteiger partial charge in [-0.3, -0.25) is 0 Å². The molecule has 0 saturated carbocycles. The van der Waals surface area contributed by atoms with E-state index >= 15 is 0 Å².